The van der Waals surface area contributed by atoms with Gasteiger partial charge in [-0.15, -0.1) is 19.2 Å². The number of thiol groups is 1. The zero-order valence-corrected chi connectivity index (χ0v) is 7.45. The lowest BCUT2D eigenvalue weighted by atomic mass is 10.7. The largest absolute Gasteiger partial charge is 0.379 e. The normalized spacial score (nSPS) is 10.8. The van der Waals surface area contributed by atoms with Gasteiger partial charge in [0.1, 0.15) is 0 Å². The van der Waals surface area contributed by atoms with E-state index in [2.05, 4.69) is 24.2 Å². The molecule has 3 N–H and O–H groups in total. The summed E-state index contributed by atoms with van der Waals surface area (Å²) >= 11 is 3.71. The van der Waals surface area contributed by atoms with Crippen molar-refractivity contribution in [1.82, 2.24) is 0 Å². The molecule has 0 saturated heterocycles. The van der Waals surface area contributed by atoms with Crippen molar-refractivity contribution in [2.75, 3.05) is 6.54 Å². The van der Waals surface area contributed by atoms with E-state index in [1.54, 1.807) is 6.08 Å². The van der Waals surface area contributed by atoms with Gasteiger partial charge in [0.15, 0.2) is 13.9 Å². The fraction of sp³-hybridized carbons (Fsp3) is 0.250. The second-order valence-corrected chi connectivity index (χ2v) is 1.76. The SMILES string of the molecule is C=CCN=C(N)S.O=[PH2]O. The number of nitrogens with zero attached hydrogens (tertiary/aromatic N) is 1. The van der Waals surface area contributed by atoms with E-state index < -0.39 is 8.69 Å². The Morgan fingerprint density at radius 3 is 2.50 bits per heavy atom. The average Bonchev–Trinajstić information content (AvgIpc) is 1.85. The average molecular weight is 182 g/mol. The summed E-state index contributed by atoms with van der Waals surface area (Å²) < 4.78 is 8.57. The Kier molecular flexibility index (Phi) is 14.3. The van der Waals surface area contributed by atoms with Crippen molar-refractivity contribution >= 4 is 26.5 Å². The summed E-state index contributed by atoms with van der Waals surface area (Å²) in [5.74, 6) is 0. The molecule has 0 saturated carbocycles. The third-order valence-corrected chi connectivity index (χ3v) is 0.524. The minimum atomic E-state index is -1.50. The first-order valence-corrected chi connectivity index (χ1v) is 3.80. The van der Waals surface area contributed by atoms with Crippen LogP contribution in [0.15, 0.2) is 17.6 Å². The van der Waals surface area contributed by atoms with E-state index in [4.69, 9.17) is 15.2 Å². The van der Waals surface area contributed by atoms with Crippen LogP contribution in [0.5, 0.6) is 0 Å². The molecule has 0 aromatic heterocycles. The Morgan fingerprint density at radius 2 is 2.40 bits per heavy atom. The van der Waals surface area contributed by atoms with Gasteiger partial charge in [0.25, 0.3) is 0 Å². The van der Waals surface area contributed by atoms with E-state index >= 15 is 0 Å². The van der Waals surface area contributed by atoms with Crippen LogP contribution in [-0.2, 0) is 4.57 Å². The summed E-state index contributed by atoms with van der Waals surface area (Å²) in [7, 11) is -1.50. The molecule has 0 rings (SSSR count). The van der Waals surface area contributed by atoms with Crippen LogP contribution in [0, 0.1) is 0 Å². The van der Waals surface area contributed by atoms with Gasteiger partial charge in [-0.2, -0.15) is 0 Å². The molecule has 0 bridgehead atoms. The molecule has 6 heteroatoms. The van der Waals surface area contributed by atoms with Crippen molar-refractivity contribution in [3.05, 3.63) is 12.7 Å². The van der Waals surface area contributed by atoms with Crippen LogP contribution in [0.4, 0.5) is 0 Å². The van der Waals surface area contributed by atoms with Crippen LogP contribution in [-0.4, -0.2) is 16.6 Å². The molecule has 1 unspecified atom stereocenters. The van der Waals surface area contributed by atoms with Crippen LogP contribution in [0.1, 0.15) is 0 Å². The Labute approximate surface area is 66.5 Å². The highest BCUT2D eigenvalue weighted by atomic mass is 32.1. The molecule has 0 aromatic rings. The Bertz CT molecular complexity index is 124. The van der Waals surface area contributed by atoms with E-state index in [9.17, 15) is 0 Å². The van der Waals surface area contributed by atoms with Gasteiger partial charge in [0.05, 0.1) is 6.54 Å². The van der Waals surface area contributed by atoms with Gasteiger partial charge in [-0.1, -0.05) is 6.08 Å². The van der Waals surface area contributed by atoms with Crippen molar-refractivity contribution in [2.45, 2.75) is 0 Å². The summed E-state index contributed by atoms with van der Waals surface area (Å²) in [5, 5.41) is 0.305. The van der Waals surface area contributed by atoms with Crippen molar-refractivity contribution in [2.24, 2.45) is 10.7 Å². The Morgan fingerprint density at radius 1 is 2.00 bits per heavy atom. The second-order valence-electron chi connectivity index (χ2n) is 1.09. The maximum absolute atomic E-state index is 8.57. The lowest BCUT2D eigenvalue weighted by Crippen LogP contribution is -2.01. The first kappa shape index (κ1) is 12.4. The molecule has 60 valence electrons. The molecule has 4 nitrogen and oxygen atoms in total. The van der Waals surface area contributed by atoms with Crippen LogP contribution in [0.25, 0.3) is 0 Å². The van der Waals surface area contributed by atoms with E-state index in [0.29, 0.717) is 11.7 Å². The molecule has 0 aliphatic carbocycles. The van der Waals surface area contributed by atoms with Gasteiger partial charge in [-0.05, 0) is 0 Å². The van der Waals surface area contributed by atoms with Gasteiger partial charge < -0.3 is 10.6 Å². The standard InChI is InChI=1S/C4H8N2S.H3O2P/c1-2-3-6-4(5)7;1-3-2/h2H,1,3H2,(H3,5,6,7);3H2,(H,1,2). The van der Waals surface area contributed by atoms with E-state index in [1.165, 1.54) is 0 Å². The highest BCUT2D eigenvalue weighted by molar-refractivity contribution is 7.96. The zero-order chi connectivity index (χ0) is 8.41. The summed E-state index contributed by atoms with van der Waals surface area (Å²) in [4.78, 5) is 10.8. The van der Waals surface area contributed by atoms with Crippen LogP contribution in [0.2, 0.25) is 0 Å². The lowest BCUT2D eigenvalue weighted by Gasteiger charge is -1.82. The van der Waals surface area contributed by atoms with E-state index in [0.717, 1.165) is 0 Å². The smallest absolute Gasteiger partial charge is 0.177 e. The number of rotatable bonds is 2. The van der Waals surface area contributed by atoms with Gasteiger partial charge in [-0.3, -0.25) is 9.56 Å². The minimum absolute atomic E-state index is 0.305. The van der Waals surface area contributed by atoms with Crippen molar-refractivity contribution < 1.29 is 9.46 Å². The Balaban J connectivity index is 0. The van der Waals surface area contributed by atoms with Crippen LogP contribution >= 0.6 is 21.3 Å². The van der Waals surface area contributed by atoms with Crippen molar-refractivity contribution in [3.8, 4) is 0 Å². The molecule has 0 heterocycles. The maximum atomic E-state index is 8.57. The molecule has 0 amide bonds. The van der Waals surface area contributed by atoms with Gasteiger partial charge in [-0.25, -0.2) is 0 Å². The molecule has 0 aliphatic rings. The quantitative estimate of drug-likeness (QED) is 0.186. The second kappa shape index (κ2) is 11.5. The molecule has 0 fully saturated rings. The minimum Gasteiger partial charge on any atom is -0.379 e. The third-order valence-electron chi connectivity index (χ3n) is 0.382. The summed E-state index contributed by atoms with van der Waals surface area (Å²) in [5.41, 5.74) is 5.04. The van der Waals surface area contributed by atoms with Crippen LogP contribution in [0.3, 0.4) is 0 Å². The molecular formula is C4H11N2O2PS. The molecular weight excluding hydrogens is 171 g/mol. The fourth-order valence-electron chi connectivity index (χ4n) is 0.158. The zero-order valence-electron chi connectivity index (χ0n) is 5.40. The van der Waals surface area contributed by atoms with Gasteiger partial charge in [0, 0.05) is 0 Å². The Hall–Kier alpha value is -0.250. The first-order chi connectivity index (χ1) is 4.68. The molecule has 0 spiro atoms. The number of hydrogen-bond acceptors (Lipinski definition) is 2. The molecule has 0 aliphatic heterocycles. The van der Waals surface area contributed by atoms with E-state index in [-0.39, 0.29) is 0 Å². The highest BCUT2D eigenvalue weighted by Gasteiger charge is 1.71. The highest BCUT2D eigenvalue weighted by Crippen LogP contribution is 1.74. The molecule has 0 radical (unpaired) electrons. The predicted octanol–water partition coefficient (Wildman–Crippen LogP) is 0.0669. The topological polar surface area (TPSA) is 75.7 Å². The van der Waals surface area contributed by atoms with E-state index in [1.807, 2.05) is 0 Å². The number of hydrogen-bond donors (Lipinski definition) is 3. The number of amidine groups is 1. The number of aliphatic imine (C=N–C) groups is 1. The number of nitrogens with two attached hydrogens (primary N) is 1. The van der Waals surface area contributed by atoms with Crippen molar-refractivity contribution in [3.63, 3.8) is 0 Å². The van der Waals surface area contributed by atoms with Crippen LogP contribution < -0.4 is 5.73 Å². The third kappa shape index (κ3) is 25.1. The summed E-state index contributed by atoms with van der Waals surface area (Å²) in [6.07, 6.45) is 1.66. The lowest BCUT2D eigenvalue weighted by molar-refractivity contribution is 0.524. The molecule has 10 heavy (non-hydrogen) atoms. The fourth-order valence-corrected chi connectivity index (χ4v) is 0.240. The van der Waals surface area contributed by atoms with Crippen molar-refractivity contribution in [1.29, 1.82) is 0 Å². The maximum Gasteiger partial charge on any atom is 0.177 e. The first-order valence-electron chi connectivity index (χ1n) is 2.36. The predicted molar refractivity (Wildman–Crippen MR) is 48.3 cm³/mol. The monoisotopic (exact) mass is 182 g/mol. The molecule has 0 aromatic carbocycles. The summed E-state index contributed by atoms with van der Waals surface area (Å²) in [6, 6.07) is 0. The van der Waals surface area contributed by atoms with Gasteiger partial charge >= 0.3 is 0 Å². The summed E-state index contributed by atoms with van der Waals surface area (Å²) in [6.45, 7) is 3.99. The molecule has 1 atom stereocenters. The van der Waals surface area contributed by atoms with Gasteiger partial charge in [0.2, 0.25) is 0 Å².